The predicted octanol–water partition coefficient (Wildman–Crippen LogP) is 4.89. The maximum absolute atomic E-state index is 13.7. The Hall–Kier alpha value is -4.14. The number of hydrogen-bond acceptors (Lipinski definition) is 6. The molecule has 0 unspecified atom stereocenters. The van der Waals surface area contributed by atoms with Gasteiger partial charge in [0.05, 0.1) is 35.2 Å². The first-order chi connectivity index (χ1) is 20.7. The minimum absolute atomic E-state index is 0.0388. The minimum atomic E-state index is -4.51. The van der Waals surface area contributed by atoms with E-state index >= 15 is 0 Å². The van der Waals surface area contributed by atoms with Crippen LogP contribution in [0.25, 0.3) is 0 Å². The smallest absolute Gasteiger partial charge is 0.416 e. The summed E-state index contributed by atoms with van der Waals surface area (Å²) in [5, 5.41) is 14.9. The van der Waals surface area contributed by atoms with Crippen LogP contribution in [-0.4, -0.2) is 73.6 Å². The van der Waals surface area contributed by atoms with Crippen molar-refractivity contribution in [3.8, 4) is 5.75 Å². The highest BCUT2D eigenvalue weighted by Crippen LogP contribution is 2.32. The Labute approximate surface area is 253 Å². The van der Waals surface area contributed by atoms with E-state index in [1.54, 1.807) is 25.1 Å². The second-order valence-electron chi connectivity index (χ2n) is 10.6. The first kappa shape index (κ1) is 32.8. The van der Waals surface area contributed by atoms with Crippen LogP contribution in [0.1, 0.15) is 29.8 Å². The van der Waals surface area contributed by atoms with Gasteiger partial charge in [0.2, 0.25) is 10.0 Å². The Morgan fingerprint density at radius 1 is 1.07 bits per heavy atom. The average Bonchev–Trinajstić information content (AvgIpc) is 2.99. The summed E-state index contributed by atoms with van der Waals surface area (Å²) in [5.41, 5.74) is -0.476. The average molecular weight is 635 g/mol. The molecule has 0 saturated carbocycles. The van der Waals surface area contributed by atoms with E-state index in [-0.39, 0.29) is 53.2 Å². The van der Waals surface area contributed by atoms with E-state index in [0.717, 1.165) is 24.3 Å². The highest BCUT2D eigenvalue weighted by Gasteiger charge is 2.35. The molecule has 0 fully saturated rings. The van der Waals surface area contributed by atoms with Crippen LogP contribution in [0.4, 0.5) is 29.3 Å². The number of sulfonamides is 1. The Bertz CT molecular complexity index is 1590. The third-order valence-corrected chi connectivity index (χ3v) is 9.12. The topological polar surface area (TPSA) is 128 Å². The molecule has 1 aliphatic rings. The molecule has 3 aromatic rings. The SMILES string of the molecule is C[C@@H]1CN([C@@H](C)CO)C(=O)c2cc(NC(=O)Nc3ccc(C(F)(F)F)cc3)ccc2O[C@@H]1CN(C)S(=O)(=O)c1ccccc1. The van der Waals surface area contributed by atoms with Crippen molar-refractivity contribution in [1.82, 2.24) is 9.21 Å². The summed E-state index contributed by atoms with van der Waals surface area (Å²) >= 11 is 0. The second kappa shape index (κ2) is 13.2. The van der Waals surface area contributed by atoms with Gasteiger partial charge in [-0.05, 0) is 61.5 Å². The molecule has 3 amide bonds. The van der Waals surface area contributed by atoms with Crippen molar-refractivity contribution in [3.63, 3.8) is 0 Å². The lowest BCUT2D eigenvalue weighted by Crippen LogP contribution is -2.50. The van der Waals surface area contributed by atoms with Crippen molar-refractivity contribution >= 4 is 33.3 Å². The zero-order valence-electron chi connectivity index (χ0n) is 24.2. The molecule has 10 nitrogen and oxygen atoms in total. The number of alkyl halides is 3. The Kier molecular flexibility index (Phi) is 9.86. The summed E-state index contributed by atoms with van der Waals surface area (Å²) in [5.74, 6) is -0.661. The number of likely N-dealkylation sites (N-methyl/N-ethyl adjacent to an activating group) is 1. The molecule has 0 bridgehead atoms. The van der Waals surface area contributed by atoms with Crippen LogP contribution in [-0.2, 0) is 16.2 Å². The first-order valence-corrected chi connectivity index (χ1v) is 15.1. The van der Waals surface area contributed by atoms with Crippen LogP contribution in [0.15, 0.2) is 77.7 Å². The van der Waals surface area contributed by atoms with Crippen molar-refractivity contribution in [1.29, 1.82) is 0 Å². The molecular weight excluding hydrogens is 601 g/mol. The van der Waals surface area contributed by atoms with Crippen molar-refractivity contribution in [2.75, 3.05) is 37.4 Å². The van der Waals surface area contributed by atoms with E-state index in [0.29, 0.717) is 0 Å². The predicted molar refractivity (Wildman–Crippen MR) is 158 cm³/mol. The lowest BCUT2D eigenvalue weighted by atomic mass is 9.99. The molecule has 0 saturated heterocycles. The normalized spacial score (nSPS) is 18.1. The molecule has 0 spiro atoms. The molecule has 3 atom stereocenters. The number of nitrogens with one attached hydrogen (secondary N) is 2. The van der Waals surface area contributed by atoms with E-state index in [1.807, 2.05) is 6.92 Å². The molecule has 236 valence electrons. The Morgan fingerprint density at radius 2 is 1.68 bits per heavy atom. The number of rotatable bonds is 8. The van der Waals surface area contributed by atoms with Gasteiger partial charge >= 0.3 is 12.2 Å². The molecule has 14 heteroatoms. The quantitative estimate of drug-likeness (QED) is 0.324. The molecule has 1 aliphatic heterocycles. The van der Waals surface area contributed by atoms with Gasteiger partial charge in [-0.3, -0.25) is 4.79 Å². The van der Waals surface area contributed by atoms with Gasteiger partial charge in [0.15, 0.2) is 0 Å². The number of amides is 3. The molecule has 1 heterocycles. The van der Waals surface area contributed by atoms with Gasteiger partial charge in [0.1, 0.15) is 11.9 Å². The zero-order valence-corrected chi connectivity index (χ0v) is 25.0. The maximum atomic E-state index is 13.7. The number of fused-ring (bicyclic) bond motifs is 1. The standard InChI is InChI=1S/C30H33F3N4O6S/c1-19-16-37(20(2)18-38)28(39)25-15-23(35-29(40)34-22-11-9-21(10-12-22)30(31,32)33)13-14-26(25)43-27(19)17-36(3)44(41,42)24-7-5-4-6-8-24/h4-15,19-20,27,38H,16-18H2,1-3H3,(H2,34,35,40)/t19-,20+,27-/m1/s1. The molecular formula is C30H33F3N4O6S. The molecule has 44 heavy (non-hydrogen) atoms. The summed E-state index contributed by atoms with van der Waals surface area (Å²) in [4.78, 5) is 27.9. The van der Waals surface area contributed by atoms with Gasteiger partial charge in [0.25, 0.3) is 5.91 Å². The summed E-state index contributed by atoms with van der Waals surface area (Å²) < 4.78 is 72.3. The summed E-state index contributed by atoms with van der Waals surface area (Å²) in [7, 11) is -2.39. The number of urea groups is 1. The number of nitrogens with zero attached hydrogens (tertiary/aromatic N) is 2. The summed E-state index contributed by atoms with van der Waals surface area (Å²) in [6.07, 6.45) is -5.21. The van der Waals surface area contributed by atoms with Gasteiger partial charge < -0.3 is 25.4 Å². The highest BCUT2D eigenvalue weighted by molar-refractivity contribution is 7.89. The number of anilines is 2. The van der Waals surface area contributed by atoms with Crippen LogP contribution in [0.2, 0.25) is 0 Å². The van der Waals surface area contributed by atoms with Crippen LogP contribution in [0.5, 0.6) is 5.75 Å². The molecule has 0 aromatic heterocycles. The number of carbonyl (C=O) groups excluding carboxylic acids is 2. The van der Waals surface area contributed by atoms with Crippen LogP contribution in [0, 0.1) is 5.92 Å². The summed E-state index contributed by atoms with van der Waals surface area (Å²) in [6.45, 7) is 3.28. The molecule has 0 aliphatic carbocycles. The number of aliphatic hydroxyl groups is 1. The number of carbonyl (C=O) groups is 2. The fourth-order valence-corrected chi connectivity index (χ4v) is 5.88. The number of hydrogen-bond donors (Lipinski definition) is 3. The van der Waals surface area contributed by atoms with Gasteiger partial charge in [-0.1, -0.05) is 25.1 Å². The van der Waals surface area contributed by atoms with Crippen LogP contribution < -0.4 is 15.4 Å². The van der Waals surface area contributed by atoms with Gasteiger partial charge in [-0.15, -0.1) is 0 Å². The molecule has 4 rings (SSSR count). The van der Waals surface area contributed by atoms with Gasteiger partial charge in [0, 0.05) is 30.9 Å². The number of ether oxygens (including phenoxy) is 1. The minimum Gasteiger partial charge on any atom is -0.488 e. The molecule has 3 N–H and O–H groups in total. The third kappa shape index (κ3) is 7.49. The Balaban J connectivity index is 1.58. The van der Waals surface area contributed by atoms with Crippen molar-refractivity contribution < 1.29 is 41.0 Å². The number of benzene rings is 3. The molecule has 3 aromatic carbocycles. The van der Waals surface area contributed by atoms with Crippen LogP contribution >= 0.6 is 0 Å². The fraction of sp³-hybridized carbons (Fsp3) is 0.333. The van der Waals surface area contributed by atoms with Crippen molar-refractivity contribution in [3.05, 3.63) is 83.9 Å². The summed E-state index contributed by atoms with van der Waals surface area (Å²) in [6, 6.07) is 14.9. The van der Waals surface area contributed by atoms with Gasteiger partial charge in [-0.25, -0.2) is 13.2 Å². The van der Waals surface area contributed by atoms with Crippen LogP contribution in [0.3, 0.4) is 0 Å². The number of halogens is 3. The van der Waals surface area contributed by atoms with Crippen molar-refractivity contribution in [2.45, 2.75) is 37.1 Å². The maximum Gasteiger partial charge on any atom is 0.416 e. The van der Waals surface area contributed by atoms with E-state index < -0.39 is 45.8 Å². The Morgan fingerprint density at radius 3 is 2.30 bits per heavy atom. The monoisotopic (exact) mass is 634 g/mol. The molecule has 0 radical (unpaired) electrons. The number of aliphatic hydroxyl groups excluding tert-OH is 1. The second-order valence-corrected chi connectivity index (χ2v) is 12.6. The van der Waals surface area contributed by atoms with Crippen molar-refractivity contribution in [2.24, 2.45) is 5.92 Å². The van der Waals surface area contributed by atoms with Gasteiger partial charge in [-0.2, -0.15) is 17.5 Å². The van der Waals surface area contributed by atoms with E-state index in [4.69, 9.17) is 4.74 Å². The van der Waals surface area contributed by atoms with E-state index in [2.05, 4.69) is 10.6 Å². The lowest BCUT2D eigenvalue weighted by Gasteiger charge is -2.38. The zero-order chi connectivity index (χ0) is 32.2. The third-order valence-electron chi connectivity index (χ3n) is 7.28. The van der Waals surface area contributed by atoms with E-state index in [1.165, 1.54) is 46.6 Å². The highest BCUT2D eigenvalue weighted by atomic mass is 32.2. The largest absolute Gasteiger partial charge is 0.488 e. The fourth-order valence-electron chi connectivity index (χ4n) is 4.68. The van der Waals surface area contributed by atoms with E-state index in [9.17, 15) is 36.3 Å². The first-order valence-electron chi connectivity index (χ1n) is 13.7. The lowest BCUT2D eigenvalue weighted by molar-refractivity contribution is -0.137.